The lowest BCUT2D eigenvalue weighted by Gasteiger charge is -2.08. The summed E-state index contributed by atoms with van der Waals surface area (Å²) in [5.41, 5.74) is 2.36. The van der Waals surface area contributed by atoms with Crippen LogP contribution >= 0.6 is 0 Å². The largest absolute Gasteiger partial charge is 0.492 e. The van der Waals surface area contributed by atoms with Crippen LogP contribution in [0.3, 0.4) is 0 Å². The topological polar surface area (TPSA) is 34.2 Å². The van der Waals surface area contributed by atoms with Crippen molar-refractivity contribution in [1.82, 2.24) is 4.98 Å². The van der Waals surface area contributed by atoms with Crippen molar-refractivity contribution >= 4 is 5.69 Å². The van der Waals surface area contributed by atoms with Gasteiger partial charge in [-0.25, -0.2) is 0 Å². The average Bonchev–Trinajstić information content (AvgIpc) is 2.46. The van der Waals surface area contributed by atoms with Crippen LogP contribution in [-0.4, -0.2) is 18.1 Å². The van der Waals surface area contributed by atoms with Crippen molar-refractivity contribution in [2.45, 2.75) is 19.8 Å². The van der Waals surface area contributed by atoms with Gasteiger partial charge in [0.1, 0.15) is 5.75 Å². The maximum atomic E-state index is 5.71. The van der Waals surface area contributed by atoms with E-state index in [0.717, 1.165) is 30.8 Å². The van der Waals surface area contributed by atoms with Crippen LogP contribution in [0.2, 0.25) is 0 Å². The maximum Gasteiger partial charge on any atom is 0.139 e. The summed E-state index contributed by atoms with van der Waals surface area (Å²) in [7, 11) is 0. The molecule has 100 valence electrons. The van der Waals surface area contributed by atoms with Crippen LogP contribution in [-0.2, 0) is 6.42 Å². The van der Waals surface area contributed by atoms with Crippen LogP contribution in [0.15, 0.2) is 48.8 Å². The Morgan fingerprint density at radius 3 is 2.79 bits per heavy atom. The zero-order chi connectivity index (χ0) is 13.3. The Morgan fingerprint density at radius 2 is 2.00 bits per heavy atom. The highest BCUT2D eigenvalue weighted by Gasteiger charge is 1.97. The lowest BCUT2D eigenvalue weighted by Crippen LogP contribution is -2.01. The van der Waals surface area contributed by atoms with Gasteiger partial charge in [0.2, 0.25) is 0 Å². The molecule has 0 saturated heterocycles. The number of benzene rings is 1. The summed E-state index contributed by atoms with van der Waals surface area (Å²) in [6, 6.07) is 12.5. The first kappa shape index (κ1) is 13.4. The lowest BCUT2D eigenvalue weighted by molar-refractivity contribution is 0.310. The van der Waals surface area contributed by atoms with Gasteiger partial charge in [0.15, 0.2) is 0 Å². The van der Waals surface area contributed by atoms with E-state index in [2.05, 4.69) is 41.5 Å². The molecule has 2 rings (SSSR count). The van der Waals surface area contributed by atoms with E-state index in [-0.39, 0.29) is 0 Å². The molecule has 2 aromatic rings. The van der Waals surface area contributed by atoms with Crippen LogP contribution in [0.5, 0.6) is 5.75 Å². The first-order valence-electron chi connectivity index (χ1n) is 6.74. The zero-order valence-electron chi connectivity index (χ0n) is 11.3. The molecule has 0 spiro atoms. The Hall–Kier alpha value is -2.03. The molecule has 0 fully saturated rings. The van der Waals surface area contributed by atoms with E-state index >= 15 is 0 Å². The maximum absolute atomic E-state index is 5.71. The molecule has 0 aliphatic carbocycles. The predicted octanol–water partition coefficient (Wildman–Crippen LogP) is 3.53. The van der Waals surface area contributed by atoms with Crippen LogP contribution in [0, 0.1) is 0 Å². The molecule has 1 heterocycles. The van der Waals surface area contributed by atoms with Gasteiger partial charge in [0.05, 0.1) is 24.7 Å². The standard InChI is InChI=1S/C16H20N2O/c1-2-18-15-11-16(13-17-12-15)19-10-6-9-14-7-4-3-5-8-14/h3-5,7-8,11-13,18H,2,6,9-10H2,1H3. The summed E-state index contributed by atoms with van der Waals surface area (Å²) < 4.78 is 5.71. The third kappa shape index (κ3) is 4.62. The summed E-state index contributed by atoms with van der Waals surface area (Å²) in [6.07, 6.45) is 5.61. The van der Waals surface area contributed by atoms with Crippen molar-refractivity contribution in [3.63, 3.8) is 0 Å². The van der Waals surface area contributed by atoms with Gasteiger partial charge in [-0.1, -0.05) is 30.3 Å². The Morgan fingerprint density at radius 1 is 1.16 bits per heavy atom. The number of ether oxygens (including phenoxy) is 1. The third-order valence-corrected chi connectivity index (χ3v) is 2.82. The summed E-state index contributed by atoms with van der Waals surface area (Å²) in [4.78, 5) is 4.15. The number of rotatable bonds is 7. The molecule has 0 bridgehead atoms. The Labute approximate surface area is 114 Å². The molecule has 0 amide bonds. The van der Waals surface area contributed by atoms with E-state index in [1.54, 1.807) is 12.4 Å². The van der Waals surface area contributed by atoms with Crippen molar-refractivity contribution in [3.8, 4) is 5.75 Å². The Bertz CT molecular complexity index is 485. The van der Waals surface area contributed by atoms with E-state index in [1.165, 1.54) is 5.56 Å². The van der Waals surface area contributed by atoms with Gasteiger partial charge in [0.25, 0.3) is 0 Å². The minimum Gasteiger partial charge on any atom is -0.492 e. The highest BCUT2D eigenvalue weighted by Crippen LogP contribution is 2.15. The van der Waals surface area contributed by atoms with E-state index in [0.29, 0.717) is 6.61 Å². The van der Waals surface area contributed by atoms with Crippen LogP contribution in [0.25, 0.3) is 0 Å². The molecule has 19 heavy (non-hydrogen) atoms. The number of pyridine rings is 1. The molecule has 1 N–H and O–H groups in total. The Kier molecular flexibility index (Phi) is 5.23. The number of nitrogens with one attached hydrogen (secondary N) is 1. The molecule has 0 aliphatic heterocycles. The van der Waals surface area contributed by atoms with Crippen molar-refractivity contribution in [3.05, 3.63) is 54.4 Å². The number of aromatic nitrogens is 1. The van der Waals surface area contributed by atoms with Gasteiger partial charge < -0.3 is 10.1 Å². The number of hydrogen-bond acceptors (Lipinski definition) is 3. The summed E-state index contributed by atoms with van der Waals surface area (Å²) in [5.74, 6) is 0.825. The number of aryl methyl sites for hydroxylation is 1. The molecule has 0 unspecified atom stereocenters. The second-order valence-corrected chi connectivity index (χ2v) is 4.38. The van der Waals surface area contributed by atoms with Crippen molar-refractivity contribution < 1.29 is 4.74 Å². The highest BCUT2D eigenvalue weighted by molar-refractivity contribution is 5.44. The molecule has 0 radical (unpaired) electrons. The molecule has 1 aromatic heterocycles. The quantitative estimate of drug-likeness (QED) is 0.770. The summed E-state index contributed by atoms with van der Waals surface area (Å²) >= 11 is 0. The van der Waals surface area contributed by atoms with Gasteiger partial charge in [-0.05, 0) is 25.3 Å². The van der Waals surface area contributed by atoms with Gasteiger partial charge in [-0.15, -0.1) is 0 Å². The van der Waals surface area contributed by atoms with E-state index in [1.807, 2.05) is 12.1 Å². The normalized spacial score (nSPS) is 10.2. The molecule has 3 heteroatoms. The fraction of sp³-hybridized carbons (Fsp3) is 0.312. The SMILES string of the molecule is CCNc1cncc(OCCCc2ccccc2)c1. The van der Waals surface area contributed by atoms with Crippen molar-refractivity contribution in [2.24, 2.45) is 0 Å². The van der Waals surface area contributed by atoms with Gasteiger partial charge >= 0.3 is 0 Å². The first-order valence-corrected chi connectivity index (χ1v) is 6.74. The van der Waals surface area contributed by atoms with Gasteiger partial charge in [-0.2, -0.15) is 0 Å². The van der Waals surface area contributed by atoms with Crippen LogP contribution in [0.1, 0.15) is 18.9 Å². The summed E-state index contributed by atoms with van der Waals surface area (Å²) in [6.45, 7) is 3.67. The van der Waals surface area contributed by atoms with Gasteiger partial charge in [0, 0.05) is 12.6 Å². The molecular formula is C16H20N2O. The first-order chi connectivity index (χ1) is 9.38. The number of nitrogens with zero attached hydrogens (tertiary/aromatic N) is 1. The van der Waals surface area contributed by atoms with Gasteiger partial charge in [-0.3, -0.25) is 4.98 Å². The smallest absolute Gasteiger partial charge is 0.139 e. The molecular weight excluding hydrogens is 236 g/mol. The van der Waals surface area contributed by atoms with Crippen LogP contribution < -0.4 is 10.1 Å². The molecule has 0 atom stereocenters. The zero-order valence-corrected chi connectivity index (χ0v) is 11.3. The molecule has 1 aromatic carbocycles. The van der Waals surface area contributed by atoms with Crippen molar-refractivity contribution in [1.29, 1.82) is 0 Å². The predicted molar refractivity (Wildman–Crippen MR) is 78.7 cm³/mol. The van der Waals surface area contributed by atoms with Crippen molar-refractivity contribution in [2.75, 3.05) is 18.5 Å². The Balaban J connectivity index is 1.75. The molecule has 0 aliphatic rings. The number of hydrogen-bond donors (Lipinski definition) is 1. The van der Waals surface area contributed by atoms with E-state index in [9.17, 15) is 0 Å². The minimum absolute atomic E-state index is 0.714. The lowest BCUT2D eigenvalue weighted by atomic mass is 10.1. The second-order valence-electron chi connectivity index (χ2n) is 4.38. The minimum atomic E-state index is 0.714. The molecule has 0 saturated carbocycles. The van der Waals surface area contributed by atoms with Crippen LogP contribution in [0.4, 0.5) is 5.69 Å². The summed E-state index contributed by atoms with van der Waals surface area (Å²) in [5, 5.41) is 3.22. The second kappa shape index (κ2) is 7.41. The monoisotopic (exact) mass is 256 g/mol. The molecule has 3 nitrogen and oxygen atoms in total. The van der Waals surface area contributed by atoms with E-state index in [4.69, 9.17) is 4.74 Å². The fourth-order valence-electron chi connectivity index (χ4n) is 1.91. The van der Waals surface area contributed by atoms with E-state index < -0.39 is 0 Å². The average molecular weight is 256 g/mol. The number of anilines is 1. The third-order valence-electron chi connectivity index (χ3n) is 2.82. The highest BCUT2D eigenvalue weighted by atomic mass is 16.5. The fourth-order valence-corrected chi connectivity index (χ4v) is 1.91.